The quantitative estimate of drug-likeness (QED) is 0.762. The van der Waals surface area contributed by atoms with Crippen molar-refractivity contribution in [3.05, 3.63) is 60.4 Å². The highest BCUT2D eigenvalue weighted by molar-refractivity contribution is 5.53. The number of hydrogen-bond donors (Lipinski definition) is 2. The van der Waals surface area contributed by atoms with Gasteiger partial charge in [0.1, 0.15) is 18.1 Å². The topological polar surface area (TPSA) is 71.0 Å². The normalized spacial score (nSPS) is 10.4. The van der Waals surface area contributed by atoms with Gasteiger partial charge in [-0.2, -0.15) is 5.10 Å². The minimum absolute atomic E-state index is 0.235. The zero-order chi connectivity index (χ0) is 13.8. The molecule has 0 bridgehead atoms. The first-order valence-electron chi connectivity index (χ1n) is 6.18. The average molecular weight is 267 g/mol. The van der Waals surface area contributed by atoms with E-state index in [2.05, 4.69) is 15.2 Å². The molecule has 0 aliphatic carbocycles. The van der Waals surface area contributed by atoms with Crippen molar-refractivity contribution in [3.63, 3.8) is 0 Å². The summed E-state index contributed by atoms with van der Waals surface area (Å²) in [5, 5.41) is 16.1. The van der Waals surface area contributed by atoms with E-state index < -0.39 is 0 Å². The first-order valence-corrected chi connectivity index (χ1v) is 6.18. The molecule has 3 aromatic rings. The number of nitrogens with zero attached hydrogens (tertiary/aromatic N) is 2. The van der Waals surface area contributed by atoms with Crippen molar-refractivity contribution in [2.45, 2.75) is 6.61 Å². The Hall–Kier alpha value is -2.82. The van der Waals surface area contributed by atoms with E-state index in [9.17, 15) is 5.11 Å². The number of ether oxygens (including phenoxy) is 1. The summed E-state index contributed by atoms with van der Waals surface area (Å²) in [5.41, 5.74) is 2.58. The van der Waals surface area contributed by atoms with Gasteiger partial charge < -0.3 is 9.84 Å². The van der Waals surface area contributed by atoms with Crippen LogP contribution in [0.1, 0.15) is 5.56 Å². The molecule has 5 heteroatoms. The summed E-state index contributed by atoms with van der Waals surface area (Å²) in [6, 6.07) is 12.6. The van der Waals surface area contributed by atoms with Crippen molar-refractivity contribution in [1.82, 2.24) is 15.2 Å². The van der Waals surface area contributed by atoms with Gasteiger partial charge in [-0.1, -0.05) is 12.1 Å². The lowest BCUT2D eigenvalue weighted by Crippen LogP contribution is -1.96. The van der Waals surface area contributed by atoms with E-state index in [1.165, 1.54) is 0 Å². The van der Waals surface area contributed by atoms with Crippen LogP contribution >= 0.6 is 0 Å². The highest BCUT2D eigenvalue weighted by atomic mass is 16.5. The smallest absolute Gasteiger partial charge is 0.138 e. The summed E-state index contributed by atoms with van der Waals surface area (Å²) in [6.07, 6.45) is 3.35. The molecular weight excluding hydrogens is 254 g/mol. The van der Waals surface area contributed by atoms with Gasteiger partial charge in [0.05, 0.1) is 17.6 Å². The van der Waals surface area contributed by atoms with E-state index in [0.29, 0.717) is 12.4 Å². The molecule has 0 radical (unpaired) electrons. The summed E-state index contributed by atoms with van der Waals surface area (Å²) in [5.74, 6) is 0.912. The molecule has 0 saturated carbocycles. The zero-order valence-electron chi connectivity index (χ0n) is 10.7. The van der Waals surface area contributed by atoms with Crippen LogP contribution in [-0.2, 0) is 6.61 Å². The molecule has 0 amide bonds. The van der Waals surface area contributed by atoms with Crippen LogP contribution in [0, 0.1) is 0 Å². The number of rotatable bonds is 4. The second kappa shape index (κ2) is 5.44. The third kappa shape index (κ3) is 2.77. The summed E-state index contributed by atoms with van der Waals surface area (Å²) in [6.45, 7) is 0.388. The number of phenolic OH excluding ortho intramolecular Hbond substituents is 1. The van der Waals surface area contributed by atoms with Crippen LogP contribution in [0.15, 0.2) is 54.9 Å². The molecule has 0 aliphatic heterocycles. The van der Waals surface area contributed by atoms with Gasteiger partial charge in [0.15, 0.2) is 0 Å². The van der Waals surface area contributed by atoms with Crippen LogP contribution in [0.5, 0.6) is 11.5 Å². The van der Waals surface area contributed by atoms with E-state index in [0.717, 1.165) is 17.0 Å². The maximum absolute atomic E-state index is 9.38. The fourth-order valence-electron chi connectivity index (χ4n) is 1.84. The lowest BCUT2D eigenvalue weighted by Gasteiger charge is -2.06. The van der Waals surface area contributed by atoms with Gasteiger partial charge in [-0.15, -0.1) is 0 Å². The lowest BCUT2D eigenvalue weighted by molar-refractivity contribution is 0.304. The Balaban J connectivity index is 1.67. The van der Waals surface area contributed by atoms with Crippen LogP contribution in [-0.4, -0.2) is 20.3 Å². The second-order valence-electron chi connectivity index (χ2n) is 4.31. The van der Waals surface area contributed by atoms with E-state index in [-0.39, 0.29) is 5.75 Å². The molecule has 0 unspecified atom stereocenters. The van der Waals surface area contributed by atoms with Crippen molar-refractivity contribution >= 4 is 0 Å². The van der Waals surface area contributed by atoms with Crippen molar-refractivity contribution in [2.24, 2.45) is 0 Å². The predicted octanol–water partition coefficient (Wildman–Crippen LogP) is 2.76. The van der Waals surface area contributed by atoms with E-state index >= 15 is 0 Å². The van der Waals surface area contributed by atoms with Crippen molar-refractivity contribution in [2.75, 3.05) is 0 Å². The molecule has 0 aliphatic rings. The van der Waals surface area contributed by atoms with Crippen LogP contribution in [0.3, 0.4) is 0 Å². The first kappa shape index (κ1) is 12.2. The lowest BCUT2D eigenvalue weighted by atomic mass is 10.2. The highest BCUT2D eigenvalue weighted by Crippen LogP contribution is 2.18. The van der Waals surface area contributed by atoms with Crippen LogP contribution in [0.4, 0.5) is 0 Å². The number of aromatic amines is 1. The molecule has 2 N–H and O–H groups in total. The molecule has 2 aromatic heterocycles. The van der Waals surface area contributed by atoms with Crippen molar-refractivity contribution in [3.8, 4) is 22.9 Å². The standard InChI is InChI=1S/C15H13N3O2/c19-12-3-1-2-11(8-12)10-20-13-4-5-14(16-9-13)15-6-7-17-18-15/h1-9,19H,10H2,(H,17,18). The fourth-order valence-corrected chi connectivity index (χ4v) is 1.84. The maximum atomic E-state index is 9.38. The van der Waals surface area contributed by atoms with Gasteiger partial charge in [0.25, 0.3) is 0 Å². The number of aromatic nitrogens is 3. The minimum atomic E-state index is 0.235. The fraction of sp³-hybridized carbons (Fsp3) is 0.0667. The molecule has 0 saturated heterocycles. The summed E-state index contributed by atoms with van der Waals surface area (Å²) >= 11 is 0. The second-order valence-corrected chi connectivity index (χ2v) is 4.31. The van der Waals surface area contributed by atoms with Gasteiger partial charge >= 0.3 is 0 Å². The van der Waals surface area contributed by atoms with Crippen LogP contribution < -0.4 is 4.74 Å². The Morgan fingerprint density at radius 3 is 2.80 bits per heavy atom. The predicted molar refractivity (Wildman–Crippen MR) is 74.3 cm³/mol. The van der Waals surface area contributed by atoms with Gasteiger partial charge in [0.2, 0.25) is 0 Å². The molecule has 5 nitrogen and oxygen atoms in total. The molecule has 2 heterocycles. The van der Waals surface area contributed by atoms with Crippen molar-refractivity contribution < 1.29 is 9.84 Å². The number of hydrogen-bond acceptors (Lipinski definition) is 4. The number of benzene rings is 1. The van der Waals surface area contributed by atoms with Gasteiger partial charge in [-0.05, 0) is 35.9 Å². The largest absolute Gasteiger partial charge is 0.508 e. The number of pyridine rings is 1. The summed E-state index contributed by atoms with van der Waals surface area (Å²) in [4.78, 5) is 4.31. The molecule has 0 atom stereocenters. The summed E-state index contributed by atoms with van der Waals surface area (Å²) in [7, 11) is 0. The Morgan fingerprint density at radius 1 is 1.15 bits per heavy atom. The Morgan fingerprint density at radius 2 is 2.10 bits per heavy atom. The van der Waals surface area contributed by atoms with E-state index in [4.69, 9.17) is 4.74 Å². The number of H-pyrrole nitrogens is 1. The van der Waals surface area contributed by atoms with Crippen LogP contribution in [0.25, 0.3) is 11.4 Å². The Kier molecular flexibility index (Phi) is 3.33. The number of aromatic hydroxyl groups is 1. The van der Waals surface area contributed by atoms with Gasteiger partial charge in [-0.3, -0.25) is 10.1 Å². The Bertz CT molecular complexity index is 679. The van der Waals surface area contributed by atoms with Gasteiger partial charge in [-0.25, -0.2) is 0 Å². The number of phenols is 1. The summed E-state index contributed by atoms with van der Waals surface area (Å²) < 4.78 is 5.62. The van der Waals surface area contributed by atoms with Crippen molar-refractivity contribution in [1.29, 1.82) is 0 Å². The highest BCUT2D eigenvalue weighted by Gasteiger charge is 2.02. The maximum Gasteiger partial charge on any atom is 0.138 e. The minimum Gasteiger partial charge on any atom is -0.508 e. The van der Waals surface area contributed by atoms with Crippen LogP contribution in [0.2, 0.25) is 0 Å². The molecule has 3 rings (SSSR count). The average Bonchev–Trinajstić information content (AvgIpc) is 3.00. The third-order valence-corrected chi connectivity index (χ3v) is 2.83. The third-order valence-electron chi connectivity index (χ3n) is 2.83. The molecule has 0 spiro atoms. The zero-order valence-corrected chi connectivity index (χ0v) is 10.7. The van der Waals surface area contributed by atoms with E-state index in [1.807, 2.05) is 24.3 Å². The monoisotopic (exact) mass is 267 g/mol. The molecule has 100 valence electrons. The first-order chi connectivity index (χ1) is 9.81. The van der Waals surface area contributed by atoms with Gasteiger partial charge in [0, 0.05) is 6.20 Å². The Labute approximate surface area is 115 Å². The van der Waals surface area contributed by atoms with E-state index in [1.54, 1.807) is 30.6 Å². The molecular formula is C15H13N3O2. The molecule has 0 fully saturated rings. The molecule has 20 heavy (non-hydrogen) atoms. The molecule has 1 aromatic carbocycles. The SMILES string of the molecule is Oc1cccc(COc2ccc(-c3ccn[nH]3)nc2)c1. The number of nitrogens with one attached hydrogen (secondary N) is 1.